The molecule has 0 fully saturated rings. The molecule has 1 aromatic rings. The number of aliphatic hydroxyl groups excluding tert-OH is 1. The molecule has 1 nitrogen and oxygen atoms in total. The molecule has 10 heavy (non-hydrogen) atoms. The molecule has 1 aromatic carbocycles. The standard InChI is InChI=1S/C8H7BrO/c9-5-7-3-1-2-4-8(7)6-10/h1-4,10H,6H2. The predicted octanol–water partition coefficient (Wildman–Crippen LogP) is 1.96. The molecule has 0 unspecified atom stereocenters. The highest BCUT2D eigenvalue weighted by molar-refractivity contribution is 9.10. The van der Waals surface area contributed by atoms with Gasteiger partial charge in [0.15, 0.2) is 0 Å². The van der Waals surface area contributed by atoms with Crippen LogP contribution in [0.3, 0.4) is 0 Å². The van der Waals surface area contributed by atoms with Crippen molar-refractivity contribution < 1.29 is 5.11 Å². The van der Waals surface area contributed by atoms with Gasteiger partial charge >= 0.3 is 0 Å². The molecule has 52 valence electrons. The van der Waals surface area contributed by atoms with E-state index in [2.05, 4.69) is 21.3 Å². The van der Waals surface area contributed by atoms with Gasteiger partial charge in [-0.1, -0.05) is 40.2 Å². The maximum Gasteiger partial charge on any atom is 0.0932 e. The number of aliphatic hydroxyl groups is 1. The molecule has 0 saturated carbocycles. The molecule has 0 saturated heterocycles. The van der Waals surface area contributed by atoms with Gasteiger partial charge in [0.25, 0.3) is 0 Å². The summed E-state index contributed by atoms with van der Waals surface area (Å²) in [6, 6.07) is 7.55. The first kappa shape index (κ1) is 7.76. The molecule has 0 amide bonds. The Bertz CT molecular complexity index is 187. The van der Waals surface area contributed by atoms with Crippen LogP contribution < -0.4 is 0 Å². The zero-order valence-corrected chi connectivity index (χ0v) is 6.93. The van der Waals surface area contributed by atoms with Crippen molar-refractivity contribution in [2.45, 2.75) is 6.61 Å². The maximum absolute atomic E-state index is 8.79. The minimum atomic E-state index is 0.0643. The van der Waals surface area contributed by atoms with Crippen LogP contribution in [0.25, 0.3) is 0 Å². The Morgan fingerprint density at radius 3 is 2.60 bits per heavy atom. The summed E-state index contributed by atoms with van der Waals surface area (Å²) >= 11 is 3.09. The lowest BCUT2D eigenvalue weighted by molar-refractivity contribution is 0.281. The molecular formula is C8H7BrO. The molecule has 0 bridgehead atoms. The van der Waals surface area contributed by atoms with Gasteiger partial charge in [0.2, 0.25) is 0 Å². The molecule has 0 aliphatic rings. The maximum atomic E-state index is 8.79. The summed E-state index contributed by atoms with van der Waals surface area (Å²) in [5.41, 5.74) is 1.80. The zero-order chi connectivity index (χ0) is 7.40. The van der Waals surface area contributed by atoms with Crippen molar-refractivity contribution in [1.82, 2.24) is 0 Å². The van der Waals surface area contributed by atoms with Gasteiger partial charge in [0.1, 0.15) is 0 Å². The zero-order valence-electron chi connectivity index (χ0n) is 5.34. The third kappa shape index (κ3) is 1.58. The molecule has 2 radical (unpaired) electrons. The second-order valence-corrected chi connectivity index (χ2v) is 2.31. The molecule has 1 N–H and O–H groups in total. The molecule has 0 aliphatic carbocycles. The van der Waals surface area contributed by atoms with Crippen molar-refractivity contribution in [2.75, 3.05) is 0 Å². The Labute approximate surface area is 68.8 Å². The van der Waals surface area contributed by atoms with Crippen molar-refractivity contribution >= 4 is 15.9 Å². The molecule has 0 spiro atoms. The normalized spacial score (nSPS) is 9.80. The van der Waals surface area contributed by atoms with Crippen molar-refractivity contribution in [3.63, 3.8) is 0 Å². The quantitative estimate of drug-likeness (QED) is 0.771. The van der Waals surface area contributed by atoms with Crippen LogP contribution in [0.5, 0.6) is 0 Å². The third-order valence-corrected chi connectivity index (χ3v) is 1.72. The minimum Gasteiger partial charge on any atom is -0.392 e. The van der Waals surface area contributed by atoms with Gasteiger partial charge in [-0.2, -0.15) is 0 Å². The van der Waals surface area contributed by atoms with Crippen LogP contribution in [0.4, 0.5) is 0 Å². The van der Waals surface area contributed by atoms with E-state index in [1.807, 2.05) is 24.3 Å². The van der Waals surface area contributed by atoms with Crippen molar-refractivity contribution in [3.05, 3.63) is 40.7 Å². The van der Waals surface area contributed by atoms with Crippen LogP contribution >= 0.6 is 15.9 Å². The number of benzene rings is 1. The summed E-state index contributed by atoms with van der Waals surface area (Å²) in [5, 5.41) is 11.6. The number of hydrogen-bond donors (Lipinski definition) is 1. The Morgan fingerprint density at radius 2 is 2.10 bits per heavy atom. The van der Waals surface area contributed by atoms with E-state index in [9.17, 15) is 0 Å². The first-order valence-electron chi connectivity index (χ1n) is 2.94. The Hall–Kier alpha value is -0.340. The topological polar surface area (TPSA) is 20.2 Å². The number of rotatable bonds is 2. The molecule has 2 heteroatoms. The second-order valence-electron chi connectivity index (χ2n) is 1.91. The van der Waals surface area contributed by atoms with Gasteiger partial charge in [-0.3, -0.25) is 0 Å². The Morgan fingerprint density at radius 1 is 1.40 bits per heavy atom. The van der Waals surface area contributed by atoms with Crippen LogP contribution in [0, 0.1) is 5.33 Å². The summed E-state index contributed by atoms with van der Waals surface area (Å²) in [4.78, 5) is 0. The lowest BCUT2D eigenvalue weighted by Crippen LogP contribution is -1.87. The highest BCUT2D eigenvalue weighted by Crippen LogP contribution is 2.13. The predicted molar refractivity (Wildman–Crippen MR) is 43.6 cm³/mol. The van der Waals surface area contributed by atoms with E-state index in [4.69, 9.17) is 5.11 Å². The average Bonchev–Trinajstić information content (AvgIpc) is 2.04. The molecule has 0 aromatic heterocycles. The number of halogens is 1. The lowest BCUT2D eigenvalue weighted by atomic mass is 10.1. The highest BCUT2D eigenvalue weighted by atomic mass is 79.9. The van der Waals surface area contributed by atoms with E-state index in [0.29, 0.717) is 0 Å². The van der Waals surface area contributed by atoms with Crippen molar-refractivity contribution in [2.24, 2.45) is 0 Å². The smallest absolute Gasteiger partial charge is 0.0932 e. The summed E-state index contributed by atoms with van der Waals surface area (Å²) in [5.74, 6) is 0. The first-order valence-corrected chi connectivity index (χ1v) is 3.73. The van der Waals surface area contributed by atoms with Gasteiger partial charge in [-0.05, 0) is 11.1 Å². The molecule has 0 heterocycles. The van der Waals surface area contributed by atoms with Gasteiger partial charge in [-0.15, -0.1) is 0 Å². The van der Waals surface area contributed by atoms with Crippen molar-refractivity contribution in [3.8, 4) is 0 Å². The SMILES string of the molecule is OCc1ccccc1[C]Br. The van der Waals surface area contributed by atoms with Gasteiger partial charge in [0.05, 0.1) is 11.9 Å². The molecule has 0 atom stereocenters. The largest absolute Gasteiger partial charge is 0.392 e. The van der Waals surface area contributed by atoms with Crippen LogP contribution in [0.2, 0.25) is 0 Å². The molecule has 0 aliphatic heterocycles. The van der Waals surface area contributed by atoms with Crippen LogP contribution in [0.1, 0.15) is 11.1 Å². The van der Waals surface area contributed by atoms with Crippen LogP contribution in [0.15, 0.2) is 24.3 Å². The van der Waals surface area contributed by atoms with Crippen molar-refractivity contribution in [1.29, 1.82) is 0 Å². The van der Waals surface area contributed by atoms with E-state index < -0.39 is 0 Å². The van der Waals surface area contributed by atoms with E-state index in [1.54, 1.807) is 0 Å². The van der Waals surface area contributed by atoms with E-state index >= 15 is 0 Å². The Balaban J connectivity index is 2.96. The molecular weight excluding hydrogens is 192 g/mol. The number of hydrogen-bond acceptors (Lipinski definition) is 1. The average molecular weight is 199 g/mol. The van der Waals surface area contributed by atoms with E-state index in [-0.39, 0.29) is 6.61 Å². The third-order valence-electron chi connectivity index (χ3n) is 1.29. The van der Waals surface area contributed by atoms with E-state index in [1.165, 1.54) is 0 Å². The fourth-order valence-corrected chi connectivity index (χ4v) is 1.14. The van der Waals surface area contributed by atoms with Gasteiger partial charge in [-0.25, -0.2) is 0 Å². The first-order chi connectivity index (χ1) is 4.88. The Kier molecular flexibility index (Phi) is 2.90. The second kappa shape index (κ2) is 3.74. The van der Waals surface area contributed by atoms with Gasteiger partial charge < -0.3 is 5.11 Å². The van der Waals surface area contributed by atoms with Gasteiger partial charge in [0, 0.05) is 0 Å². The monoisotopic (exact) mass is 198 g/mol. The summed E-state index contributed by atoms with van der Waals surface area (Å²) in [7, 11) is 0. The summed E-state index contributed by atoms with van der Waals surface area (Å²) < 4.78 is 0. The fourth-order valence-electron chi connectivity index (χ4n) is 0.750. The lowest BCUT2D eigenvalue weighted by Gasteiger charge is -2.00. The van der Waals surface area contributed by atoms with Crippen LogP contribution in [-0.4, -0.2) is 5.11 Å². The molecule has 1 rings (SSSR count). The summed E-state index contributed by atoms with van der Waals surface area (Å²) in [6.07, 6.45) is 0. The summed E-state index contributed by atoms with van der Waals surface area (Å²) in [6.45, 7) is 0.0643. The van der Waals surface area contributed by atoms with Crippen LogP contribution in [-0.2, 0) is 6.61 Å². The highest BCUT2D eigenvalue weighted by Gasteiger charge is 1.96. The van der Waals surface area contributed by atoms with E-state index in [0.717, 1.165) is 11.1 Å². The minimum absolute atomic E-state index is 0.0643. The fraction of sp³-hybridized carbons (Fsp3) is 0.125.